The van der Waals surface area contributed by atoms with Gasteiger partial charge in [0.2, 0.25) is 5.91 Å². The summed E-state index contributed by atoms with van der Waals surface area (Å²) in [6, 6.07) is 1.82. The van der Waals surface area contributed by atoms with Gasteiger partial charge in [0.15, 0.2) is 5.82 Å². The third kappa shape index (κ3) is 2.90. The molecule has 2 heterocycles. The molecule has 0 aliphatic rings. The molecule has 0 spiro atoms. The third-order valence-corrected chi connectivity index (χ3v) is 2.26. The summed E-state index contributed by atoms with van der Waals surface area (Å²) in [5.41, 5.74) is 0.987. The van der Waals surface area contributed by atoms with Crippen molar-refractivity contribution >= 4 is 11.7 Å². The lowest BCUT2D eigenvalue weighted by Gasteiger charge is -2.00. The molecule has 7 nitrogen and oxygen atoms in total. The normalized spacial score (nSPS) is 10.8. The van der Waals surface area contributed by atoms with Crippen LogP contribution >= 0.6 is 0 Å². The SMILES string of the molecule is CC(C)c1cc(NC(=O)Cn2ccnn2)n[nH]1. The Labute approximate surface area is 98.2 Å². The van der Waals surface area contributed by atoms with Crippen molar-refractivity contribution in [3.63, 3.8) is 0 Å². The van der Waals surface area contributed by atoms with Gasteiger partial charge in [-0.2, -0.15) is 5.10 Å². The van der Waals surface area contributed by atoms with Gasteiger partial charge in [0.05, 0.1) is 6.20 Å². The molecule has 0 atom stereocenters. The molecule has 0 unspecified atom stereocenters. The molecule has 0 saturated heterocycles. The molecule has 1 amide bonds. The molecule has 0 aliphatic heterocycles. The monoisotopic (exact) mass is 234 g/mol. The van der Waals surface area contributed by atoms with Gasteiger partial charge in [-0.05, 0) is 5.92 Å². The van der Waals surface area contributed by atoms with Crippen molar-refractivity contribution < 1.29 is 4.79 Å². The van der Waals surface area contributed by atoms with Crippen LogP contribution in [-0.4, -0.2) is 31.1 Å². The minimum atomic E-state index is -0.183. The molecule has 0 radical (unpaired) electrons. The fourth-order valence-corrected chi connectivity index (χ4v) is 1.34. The van der Waals surface area contributed by atoms with Gasteiger partial charge in [-0.25, -0.2) is 4.68 Å². The first kappa shape index (κ1) is 11.3. The summed E-state index contributed by atoms with van der Waals surface area (Å²) in [4.78, 5) is 11.6. The molecule has 0 fully saturated rings. The summed E-state index contributed by atoms with van der Waals surface area (Å²) in [6.07, 6.45) is 3.16. The zero-order valence-corrected chi connectivity index (χ0v) is 9.71. The van der Waals surface area contributed by atoms with Gasteiger partial charge < -0.3 is 5.32 Å². The van der Waals surface area contributed by atoms with Crippen LogP contribution in [0.15, 0.2) is 18.5 Å². The van der Waals surface area contributed by atoms with Crippen LogP contribution in [-0.2, 0) is 11.3 Å². The average Bonchev–Trinajstić information content (AvgIpc) is 2.88. The fraction of sp³-hybridized carbons (Fsp3) is 0.400. The van der Waals surface area contributed by atoms with Crippen molar-refractivity contribution in [1.82, 2.24) is 25.2 Å². The molecule has 0 bridgehead atoms. The van der Waals surface area contributed by atoms with Crippen LogP contribution in [0, 0.1) is 0 Å². The number of aromatic amines is 1. The Kier molecular flexibility index (Phi) is 3.17. The van der Waals surface area contributed by atoms with E-state index in [4.69, 9.17) is 0 Å². The molecule has 17 heavy (non-hydrogen) atoms. The van der Waals surface area contributed by atoms with Gasteiger partial charge in [0, 0.05) is 18.0 Å². The molecule has 90 valence electrons. The minimum Gasteiger partial charge on any atom is -0.308 e. The van der Waals surface area contributed by atoms with E-state index in [-0.39, 0.29) is 12.5 Å². The number of H-pyrrole nitrogens is 1. The van der Waals surface area contributed by atoms with Gasteiger partial charge in [0.1, 0.15) is 6.54 Å². The smallest absolute Gasteiger partial charge is 0.247 e. The maximum atomic E-state index is 11.6. The maximum Gasteiger partial charge on any atom is 0.247 e. The van der Waals surface area contributed by atoms with Crippen LogP contribution in [0.4, 0.5) is 5.82 Å². The van der Waals surface area contributed by atoms with Crippen LogP contribution in [0.2, 0.25) is 0 Å². The van der Waals surface area contributed by atoms with Gasteiger partial charge >= 0.3 is 0 Å². The molecule has 2 N–H and O–H groups in total. The van der Waals surface area contributed by atoms with E-state index in [2.05, 4.69) is 39.7 Å². The Morgan fingerprint density at radius 1 is 1.59 bits per heavy atom. The van der Waals surface area contributed by atoms with Gasteiger partial charge in [-0.15, -0.1) is 5.10 Å². The number of amides is 1. The number of hydrogen-bond acceptors (Lipinski definition) is 4. The Bertz CT molecular complexity index is 487. The first-order chi connectivity index (χ1) is 8.15. The summed E-state index contributed by atoms with van der Waals surface area (Å²) in [7, 11) is 0. The molecule has 0 aliphatic carbocycles. The van der Waals surface area contributed by atoms with Crippen LogP contribution in [0.5, 0.6) is 0 Å². The number of hydrogen-bond donors (Lipinski definition) is 2. The van der Waals surface area contributed by atoms with Crippen molar-refractivity contribution in [2.24, 2.45) is 0 Å². The fourth-order valence-electron chi connectivity index (χ4n) is 1.34. The molecule has 2 aromatic rings. The first-order valence-corrected chi connectivity index (χ1v) is 5.34. The molecular weight excluding hydrogens is 220 g/mol. The van der Waals surface area contributed by atoms with Gasteiger partial charge in [-0.1, -0.05) is 19.1 Å². The zero-order valence-electron chi connectivity index (χ0n) is 9.71. The first-order valence-electron chi connectivity index (χ1n) is 5.34. The van der Waals surface area contributed by atoms with E-state index in [0.717, 1.165) is 5.69 Å². The number of nitrogens with one attached hydrogen (secondary N) is 2. The number of carbonyl (C=O) groups is 1. The second kappa shape index (κ2) is 4.77. The Balaban J connectivity index is 1.93. The Morgan fingerprint density at radius 3 is 3.00 bits per heavy atom. The van der Waals surface area contributed by atoms with E-state index in [9.17, 15) is 4.79 Å². The Morgan fingerprint density at radius 2 is 2.41 bits per heavy atom. The van der Waals surface area contributed by atoms with Crippen molar-refractivity contribution in [2.45, 2.75) is 26.3 Å². The summed E-state index contributed by atoms with van der Waals surface area (Å²) in [6.45, 7) is 4.23. The predicted molar refractivity (Wildman–Crippen MR) is 61.3 cm³/mol. The summed E-state index contributed by atoms with van der Waals surface area (Å²) in [5, 5.41) is 16.9. The van der Waals surface area contributed by atoms with E-state index in [0.29, 0.717) is 11.7 Å². The highest BCUT2D eigenvalue weighted by molar-refractivity contribution is 5.89. The summed E-state index contributed by atoms with van der Waals surface area (Å²) in [5.74, 6) is 0.694. The standard InChI is InChI=1S/C10H14N6O/c1-7(2)8-5-9(14-13-8)12-10(17)6-16-4-3-11-15-16/h3-5,7H,6H2,1-2H3,(H2,12,13,14,17). The zero-order chi connectivity index (χ0) is 12.3. The highest BCUT2D eigenvalue weighted by Gasteiger charge is 2.08. The second-order valence-corrected chi connectivity index (χ2v) is 4.01. The van der Waals surface area contributed by atoms with Crippen molar-refractivity contribution in [3.8, 4) is 0 Å². The number of anilines is 1. The topological polar surface area (TPSA) is 88.5 Å². The van der Waals surface area contributed by atoms with Crippen molar-refractivity contribution in [2.75, 3.05) is 5.32 Å². The molecule has 2 aromatic heterocycles. The van der Waals surface area contributed by atoms with Crippen LogP contribution < -0.4 is 5.32 Å². The van der Waals surface area contributed by atoms with E-state index < -0.39 is 0 Å². The number of nitrogens with zero attached hydrogens (tertiary/aromatic N) is 4. The minimum absolute atomic E-state index is 0.129. The van der Waals surface area contributed by atoms with Crippen LogP contribution in [0.1, 0.15) is 25.5 Å². The van der Waals surface area contributed by atoms with Crippen molar-refractivity contribution in [3.05, 3.63) is 24.2 Å². The lowest BCUT2D eigenvalue weighted by Crippen LogP contribution is -2.19. The van der Waals surface area contributed by atoms with E-state index >= 15 is 0 Å². The lowest BCUT2D eigenvalue weighted by atomic mass is 10.1. The molecular formula is C10H14N6O. The average molecular weight is 234 g/mol. The van der Waals surface area contributed by atoms with E-state index in [1.807, 2.05) is 6.07 Å². The number of rotatable bonds is 4. The molecule has 7 heteroatoms. The second-order valence-electron chi connectivity index (χ2n) is 4.01. The quantitative estimate of drug-likeness (QED) is 0.817. The molecule has 0 aromatic carbocycles. The largest absolute Gasteiger partial charge is 0.308 e. The maximum absolute atomic E-state index is 11.6. The number of carbonyl (C=O) groups excluding carboxylic acids is 1. The van der Waals surface area contributed by atoms with Crippen LogP contribution in [0.3, 0.4) is 0 Å². The highest BCUT2D eigenvalue weighted by Crippen LogP contribution is 2.14. The molecule has 0 saturated carbocycles. The number of aromatic nitrogens is 5. The van der Waals surface area contributed by atoms with Gasteiger partial charge in [-0.3, -0.25) is 9.89 Å². The summed E-state index contributed by atoms with van der Waals surface area (Å²) >= 11 is 0. The highest BCUT2D eigenvalue weighted by atomic mass is 16.2. The van der Waals surface area contributed by atoms with E-state index in [1.54, 1.807) is 6.20 Å². The van der Waals surface area contributed by atoms with E-state index in [1.165, 1.54) is 10.9 Å². The summed E-state index contributed by atoms with van der Waals surface area (Å²) < 4.78 is 1.45. The lowest BCUT2D eigenvalue weighted by molar-refractivity contribution is -0.116. The van der Waals surface area contributed by atoms with Crippen LogP contribution in [0.25, 0.3) is 0 Å². The van der Waals surface area contributed by atoms with Crippen molar-refractivity contribution in [1.29, 1.82) is 0 Å². The molecule has 2 rings (SSSR count). The Hall–Kier alpha value is -2.18. The predicted octanol–water partition coefficient (Wildman–Crippen LogP) is 0.763. The van der Waals surface area contributed by atoms with Gasteiger partial charge in [0.25, 0.3) is 0 Å². The third-order valence-electron chi connectivity index (χ3n) is 2.26.